The maximum atomic E-state index is 5.60. The van der Waals surface area contributed by atoms with E-state index in [2.05, 4.69) is 32.0 Å². The van der Waals surface area contributed by atoms with E-state index in [0.29, 0.717) is 6.54 Å². The summed E-state index contributed by atoms with van der Waals surface area (Å²) in [6.45, 7) is 4.71. The van der Waals surface area contributed by atoms with Crippen LogP contribution in [0.2, 0.25) is 0 Å². The van der Waals surface area contributed by atoms with Gasteiger partial charge in [-0.25, -0.2) is 0 Å². The Hall–Kier alpha value is -1.54. The van der Waals surface area contributed by atoms with E-state index in [1.54, 1.807) is 0 Å². The average molecular weight is 215 g/mol. The third kappa shape index (κ3) is 2.34. The van der Waals surface area contributed by atoms with Crippen LogP contribution in [0.25, 0.3) is 0 Å². The van der Waals surface area contributed by atoms with Crippen LogP contribution in [0, 0.1) is 13.8 Å². The first-order valence-electron chi connectivity index (χ1n) is 5.53. The van der Waals surface area contributed by atoms with Crippen molar-refractivity contribution in [3.8, 4) is 0 Å². The van der Waals surface area contributed by atoms with E-state index in [1.165, 1.54) is 16.7 Å². The summed E-state index contributed by atoms with van der Waals surface area (Å²) < 4.78 is 5.60. The van der Waals surface area contributed by atoms with Gasteiger partial charge in [0.2, 0.25) is 0 Å². The molecule has 2 N–H and O–H groups in total. The molecule has 0 aliphatic heterocycles. The molecule has 2 aromatic rings. The highest BCUT2D eigenvalue weighted by Crippen LogP contribution is 2.17. The molecule has 84 valence electrons. The Morgan fingerprint density at radius 3 is 2.44 bits per heavy atom. The van der Waals surface area contributed by atoms with Gasteiger partial charge in [0.05, 0.1) is 6.54 Å². The lowest BCUT2D eigenvalue weighted by molar-refractivity contribution is 0.475. The van der Waals surface area contributed by atoms with Crippen LogP contribution < -0.4 is 5.73 Å². The fourth-order valence-corrected chi connectivity index (χ4v) is 1.86. The summed E-state index contributed by atoms with van der Waals surface area (Å²) in [6.07, 6.45) is 0.839. The monoisotopic (exact) mass is 215 g/mol. The number of hydrogen-bond acceptors (Lipinski definition) is 2. The first kappa shape index (κ1) is 11.0. The fourth-order valence-electron chi connectivity index (χ4n) is 1.86. The minimum atomic E-state index is 0.465. The molecule has 0 amide bonds. The minimum absolute atomic E-state index is 0.465. The largest absolute Gasteiger partial charge is 0.464 e. The number of rotatable bonds is 3. The molecule has 0 spiro atoms. The topological polar surface area (TPSA) is 39.2 Å². The van der Waals surface area contributed by atoms with Crippen LogP contribution in [0.15, 0.2) is 34.7 Å². The molecule has 1 heterocycles. The van der Waals surface area contributed by atoms with Crippen LogP contribution in [-0.2, 0) is 13.0 Å². The molecule has 16 heavy (non-hydrogen) atoms. The van der Waals surface area contributed by atoms with E-state index in [4.69, 9.17) is 10.2 Å². The van der Waals surface area contributed by atoms with Crippen molar-refractivity contribution in [1.82, 2.24) is 0 Å². The quantitative estimate of drug-likeness (QED) is 0.855. The first-order valence-corrected chi connectivity index (χ1v) is 5.53. The zero-order valence-corrected chi connectivity index (χ0v) is 9.79. The molecule has 0 unspecified atom stereocenters. The van der Waals surface area contributed by atoms with E-state index in [-0.39, 0.29) is 0 Å². The molecule has 2 heteroatoms. The molecule has 1 aromatic heterocycles. The molecule has 2 nitrogen and oxygen atoms in total. The predicted molar refractivity (Wildman–Crippen MR) is 65.3 cm³/mol. The lowest BCUT2D eigenvalue weighted by atomic mass is 10.0. The second-order valence-electron chi connectivity index (χ2n) is 4.18. The Labute approximate surface area is 96.1 Å². The Bertz CT molecular complexity index is 485. The summed E-state index contributed by atoms with van der Waals surface area (Å²) in [5.74, 6) is 1.83. The van der Waals surface area contributed by atoms with Gasteiger partial charge in [-0.15, -0.1) is 0 Å². The molecular formula is C14H17NO. The van der Waals surface area contributed by atoms with Gasteiger partial charge in [0, 0.05) is 6.42 Å². The summed E-state index contributed by atoms with van der Waals surface area (Å²) in [4.78, 5) is 0. The highest BCUT2D eigenvalue weighted by Gasteiger charge is 2.04. The van der Waals surface area contributed by atoms with E-state index < -0.39 is 0 Å². The van der Waals surface area contributed by atoms with E-state index in [9.17, 15) is 0 Å². The number of benzene rings is 1. The normalized spacial score (nSPS) is 10.7. The van der Waals surface area contributed by atoms with Crippen LogP contribution in [0.1, 0.15) is 28.2 Å². The molecule has 0 saturated carbocycles. The summed E-state index contributed by atoms with van der Waals surface area (Å²) >= 11 is 0. The maximum absolute atomic E-state index is 5.60. The van der Waals surface area contributed by atoms with Gasteiger partial charge in [0.25, 0.3) is 0 Å². The molecule has 0 atom stereocenters. The lowest BCUT2D eigenvalue weighted by Crippen LogP contribution is -1.93. The Morgan fingerprint density at radius 2 is 1.81 bits per heavy atom. The van der Waals surface area contributed by atoms with Gasteiger partial charge < -0.3 is 10.2 Å². The van der Waals surface area contributed by atoms with Gasteiger partial charge in [0.1, 0.15) is 11.5 Å². The van der Waals surface area contributed by atoms with Gasteiger partial charge in [-0.05, 0) is 37.1 Å². The van der Waals surface area contributed by atoms with E-state index in [0.717, 1.165) is 17.9 Å². The van der Waals surface area contributed by atoms with Crippen molar-refractivity contribution < 1.29 is 4.42 Å². The first-order chi connectivity index (χ1) is 7.69. The molecular weight excluding hydrogens is 198 g/mol. The smallest absolute Gasteiger partial charge is 0.117 e. The molecule has 0 aliphatic rings. The van der Waals surface area contributed by atoms with E-state index in [1.807, 2.05) is 12.1 Å². The summed E-state index contributed by atoms with van der Waals surface area (Å²) in [5.41, 5.74) is 9.43. The zero-order chi connectivity index (χ0) is 11.5. The third-order valence-corrected chi connectivity index (χ3v) is 2.78. The fraction of sp³-hybridized carbons (Fsp3) is 0.286. The van der Waals surface area contributed by atoms with Crippen molar-refractivity contribution in [3.63, 3.8) is 0 Å². The van der Waals surface area contributed by atoms with Crippen LogP contribution in [0.4, 0.5) is 0 Å². The maximum Gasteiger partial charge on any atom is 0.117 e. The minimum Gasteiger partial charge on any atom is -0.464 e. The highest BCUT2D eigenvalue weighted by atomic mass is 16.3. The van der Waals surface area contributed by atoms with Gasteiger partial charge in [0.15, 0.2) is 0 Å². The van der Waals surface area contributed by atoms with Gasteiger partial charge in [-0.3, -0.25) is 0 Å². The lowest BCUT2D eigenvalue weighted by Gasteiger charge is -2.04. The third-order valence-electron chi connectivity index (χ3n) is 2.78. The Balaban J connectivity index is 2.20. The number of furan rings is 1. The van der Waals surface area contributed by atoms with E-state index >= 15 is 0 Å². The molecule has 0 saturated heterocycles. The van der Waals surface area contributed by atoms with Crippen molar-refractivity contribution in [2.24, 2.45) is 5.73 Å². The average Bonchev–Trinajstić information content (AvgIpc) is 2.70. The van der Waals surface area contributed by atoms with Crippen LogP contribution in [0.5, 0.6) is 0 Å². The van der Waals surface area contributed by atoms with Crippen LogP contribution in [0.3, 0.4) is 0 Å². The summed E-state index contributed by atoms with van der Waals surface area (Å²) in [7, 11) is 0. The summed E-state index contributed by atoms with van der Waals surface area (Å²) in [5, 5.41) is 0. The molecule has 2 rings (SSSR count). The van der Waals surface area contributed by atoms with Gasteiger partial charge in [-0.1, -0.05) is 23.8 Å². The van der Waals surface area contributed by atoms with Gasteiger partial charge in [-0.2, -0.15) is 0 Å². The zero-order valence-electron chi connectivity index (χ0n) is 9.79. The van der Waals surface area contributed by atoms with Crippen molar-refractivity contribution >= 4 is 0 Å². The van der Waals surface area contributed by atoms with Crippen molar-refractivity contribution in [1.29, 1.82) is 0 Å². The SMILES string of the molecule is Cc1ccc(Cc2ccc(CN)o2)c(C)c1. The van der Waals surface area contributed by atoms with Crippen molar-refractivity contribution in [2.75, 3.05) is 0 Å². The standard InChI is InChI=1S/C14H17NO/c1-10-3-4-12(11(2)7-10)8-13-5-6-14(9-15)16-13/h3-7H,8-9,15H2,1-2H3. The van der Waals surface area contributed by atoms with Crippen LogP contribution >= 0.6 is 0 Å². The Morgan fingerprint density at radius 1 is 1.06 bits per heavy atom. The van der Waals surface area contributed by atoms with Crippen molar-refractivity contribution in [2.45, 2.75) is 26.8 Å². The van der Waals surface area contributed by atoms with Gasteiger partial charge >= 0.3 is 0 Å². The molecule has 0 aliphatic carbocycles. The predicted octanol–water partition coefficient (Wildman–Crippen LogP) is 2.95. The number of aryl methyl sites for hydroxylation is 2. The highest BCUT2D eigenvalue weighted by molar-refractivity contribution is 5.33. The summed E-state index contributed by atoms with van der Waals surface area (Å²) in [6, 6.07) is 10.4. The number of hydrogen-bond donors (Lipinski definition) is 1. The molecule has 1 aromatic carbocycles. The Kier molecular flexibility index (Phi) is 3.11. The molecule has 0 bridgehead atoms. The van der Waals surface area contributed by atoms with Crippen molar-refractivity contribution in [3.05, 3.63) is 58.5 Å². The molecule has 0 radical (unpaired) electrons. The second kappa shape index (κ2) is 4.54. The van der Waals surface area contributed by atoms with Crippen LogP contribution in [-0.4, -0.2) is 0 Å². The second-order valence-corrected chi connectivity index (χ2v) is 4.18. The molecule has 0 fully saturated rings. The number of nitrogens with two attached hydrogens (primary N) is 1.